The first-order chi connectivity index (χ1) is 10.1. The Morgan fingerprint density at radius 3 is 2.19 bits per heavy atom. The van der Waals surface area contributed by atoms with Crippen LogP contribution in [-0.2, 0) is 17.8 Å². The van der Waals surface area contributed by atoms with Crippen LogP contribution in [0.3, 0.4) is 0 Å². The van der Waals surface area contributed by atoms with Gasteiger partial charge in [-0.15, -0.1) is 0 Å². The highest BCUT2D eigenvalue weighted by atomic mass is 35.5. The molecule has 2 aromatic rings. The van der Waals surface area contributed by atoms with Crippen molar-refractivity contribution in [3.05, 3.63) is 70.7 Å². The van der Waals surface area contributed by atoms with Crippen LogP contribution in [0.2, 0.25) is 5.02 Å². The van der Waals surface area contributed by atoms with Crippen molar-refractivity contribution < 1.29 is 4.79 Å². The standard InChI is InChI=1S/C18H20ClNO/c1-14(2)20(13-16-6-4-3-5-7-16)18(21)12-15-8-10-17(19)11-9-15/h3-11,14H,12-13H2,1-2H3. The van der Waals surface area contributed by atoms with Crippen molar-refractivity contribution in [2.75, 3.05) is 0 Å². The number of amides is 1. The molecule has 0 aliphatic heterocycles. The molecule has 21 heavy (non-hydrogen) atoms. The summed E-state index contributed by atoms with van der Waals surface area (Å²) in [5, 5.41) is 0.691. The molecule has 0 atom stereocenters. The lowest BCUT2D eigenvalue weighted by molar-refractivity contribution is -0.132. The van der Waals surface area contributed by atoms with Crippen molar-refractivity contribution in [2.24, 2.45) is 0 Å². The molecule has 0 aliphatic carbocycles. The van der Waals surface area contributed by atoms with E-state index in [4.69, 9.17) is 11.6 Å². The van der Waals surface area contributed by atoms with Crippen LogP contribution in [0.25, 0.3) is 0 Å². The van der Waals surface area contributed by atoms with Crippen LogP contribution in [0.15, 0.2) is 54.6 Å². The second-order valence-corrected chi connectivity index (χ2v) is 5.84. The second-order valence-electron chi connectivity index (χ2n) is 5.40. The topological polar surface area (TPSA) is 20.3 Å². The molecule has 0 N–H and O–H groups in total. The molecule has 2 rings (SSSR count). The van der Waals surface area contributed by atoms with Crippen molar-refractivity contribution in [2.45, 2.75) is 32.9 Å². The molecular formula is C18H20ClNO. The van der Waals surface area contributed by atoms with E-state index >= 15 is 0 Å². The first-order valence-electron chi connectivity index (χ1n) is 7.14. The van der Waals surface area contributed by atoms with Gasteiger partial charge in [0.05, 0.1) is 6.42 Å². The molecule has 1 amide bonds. The molecular weight excluding hydrogens is 282 g/mol. The van der Waals surface area contributed by atoms with Gasteiger partial charge in [-0.05, 0) is 37.1 Å². The Kier molecular flexibility index (Phi) is 5.40. The lowest BCUT2D eigenvalue weighted by Crippen LogP contribution is -2.37. The van der Waals surface area contributed by atoms with Crippen molar-refractivity contribution in [1.29, 1.82) is 0 Å². The Labute approximate surface area is 131 Å². The van der Waals surface area contributed by atoms with Crippen LogP contribution in [-0.4, -0.2) is 16.8 Å². The van der Waals surface area contributed by atoms with E-state index in [2.05, 4.69) is 0 Å². The minimum atomic E-state index is 0.135. The van der Waals surface area contributed by atoms with Gasteiger partial charge < -0.3 is 4.90 Å². The molecule has 0 fully saturated rings. The Balaban J connectivity index is 2.07. The third-order valence-corrected chi connectivity index (χ3v) is 3.66. The van der Waals surface area contributed by atoms with Gasteiger partial charge >= 0.3 is 0 Å². The first kappa shape index (κ1) is 15.6. The van der Waals surface area contributed by atoms with Gasteiger partial charge in [-0.2, -0.15) is 0 Å². The van der Waals surface area contributed by atoms with Gasteiger partial charge in [0.15, 0.2) is 0 Å². The zero-order valence-electron chi connectivity index (χ0n) is 12.4. The zero-order chi connectivity index (χ0) is 15.2. The fourth-order valence-electron chi connectivity index (χ4n) is 2.22. The predicted molar refractivity (Wildman–Crippen MR) is 87.3 cm³/mol. The minimum Gasteiger partial charge on any atom is -0.336 e. The molecule has 0 aromatic heterocycles. The number of rotatable bonds is 5. The number of hydrogen-bond donors (Lipinski definition) is 0. The van der Waals surface area contributed by atoms with Gasteiger partial charge in [0.1, 0.15) is 0 Å². The molecule has 0 unspecified atom stereocenters. The number of carbonyl (C=O) groups is 1. The highest BCUT2D eigenvalue weighted by Gasteiger charge is 2.17. The van der Waals surface area contributed by atoms with Crippen molar-refractivity contribution >= 4 is 17.5 Å². The summed E-state index contributed by atoms with van der Waals surface area (Å²) < 4.78 is 0. The summed E-state index contributed by atoms with van der Waals surface area (Å²) in [7, 11) is 0. The van der Waals surface area contributed by atoms with Crippen LogP contribution >= 0.6 is 11.6 Å². The maximum atomic E-state index is 12.5. The molecule has 2 aromatic carbocycles. The van der Waals surface area contributed by atoms with E-state index in [1.807, 2.05) is 73.3 Å². The van der Waals surface area contributed by atoms with Gasteiger partial charge in [-0.3, -0.25) is 4.79 Å². The van der Waals surface area contributed by atoms with Crippen molar-refractivity contribution in [1.82, 2.24) is 4.90 Å². The third kappa shape index (κ3) is 4.61. The molecule has 0 saturated heterocycles. The Morgan fingerprint density at radius 1 is 1.00 bits per heavy atom. The van der Waals surface area contributed by atoms with E-state index in [0.29, 0.717) is 18.0 Å². The summed E-state index contributed by atoms with van der Waals surface area (Å²) in [6.07, 6.45) is 0.405. The van der Waals surface area contributed by atoms with Gasteiger partial charge in [-0.25, -0.2) is 0 Å². The van der Waals surface area contributed by atoms with Gasteiger partial charge in [-0.1, -0.05) is 54.1 Å². The van der Waals surface area contributed by atoms with Gasteiger partial charge in [0.25, 0.3) is 0 Å². The highest BCUT2D eigenvalue weighted by molar-refractivity contribution is 6.30. The summed E-state index contributed by atoms with van der Waals surface area (Å²) in [5.74, 6) is 0.135. The Morgan fingerprint density at radius 2 is 1.62 bits per heavy atom. The fourth-order valence-corrected chi connectivity index (χ4v) is 2.34. The Bertz CT molecular complexity index is 578. The SMILES string of the molecule is CC(C)N(Cc1ccccc1)C(=O)Cc1ccc(Cl)cc1. The van der Waals surface area contributed by atoms with Gasteiger partial charge in [0.2, 0.25) is 5.91 Å². The molecule has 0 aliphatic rings. The highest BCUT2D eigenvalue weighted by Crippen LogP contribution is 2.14. The monoisotopic (exact) mass is 301 g/mol. The summed E-state index contributed by atoms with van der Waals surface area (Å²) in [6.45, 7) is 4.73. The van der Waals surface area contributed by atoms with Crippen LogP contribution in [0.1, 0.15) is 25.0 Å². The first-order valence-corrected chi connectivity index (χ1v) is 7.52. The lowest BCUT2D eigenvalue weighted by atomic mass is 10.1. The molecule has 0 radical (unpaired) electrons. The third-order valence-electron chi connectivity index (χ3n) is 3.41. The average Bonchev–Trinajstić information content (AvgIpc) is 2.48. The van der Waals surface area contributed by atoms with Crippen molar-refractivity contribution in [3.8, 4) is 0 Å². The largest absolute Gasteiger partial charge is 0.336 e. The number of nitrogens with zero attached hydrogens (tertiary/aromatic N) is 1. The number of carbonyl (C=O) groups excluding carboxylic acids is 1. The van der Waals surface area contributed by atoms with Crippen LogP contribution in [0.4, 0.5) is 0 Å². The molecule has 3 heteroatoms. The van der Waals surface area contributed by atoms with Crippen molar-refractivity contribution in [3.63, 3.8) is 0 Å². The maximum absolute atomic E-state index is 12.5. The molecule has 0 bridgehead atoms. The second kappa shape index (κ2) is 7.28. The predicted octanol–water partition coefficient (Wildman–Crippen LogP) is 4.32. The number of hydrogen-bond acceptors (Lipinski definition) is 1. The number of benzene rings is 2. The van der Waals surface area contributed by atoms with E-state index in [9.17, 15) is 4.79 Å². The smallest absolute Gasteiger partial charge is 0.227 e. The van der Waals surface area contributed by atoms with E-state index < -0.39 is 0 Å². The van der Waals surface area contributed by atoms with Crippen LogP contribution in [0, 0.1) is 0 Å². The summed E-state index contributed by atoms with van der Waals surface area (Å²) in [4.78, 5) is 14.4. The molecule has 0 spiro atoms. The fraction of sp³-hybridized carbons (Fsp3) is 0.278. The van der Waals surface area contributed by atoms with E-state index in [1.54, 1.807) is 0 Å². The quantitative estimate of drug-likeness (QED) is 0.805. The van der Waals surface area contributed by atoms with E-state index in [-0.39, 0.29) is 11.9 Å². The molecule has 0 heterocycles. The summed E-state index contributed by atoms with van der Waals surface area (Å²) >= 11 is 5.87. The van der Waals surface area contributed by atoms with Gasteiger partial charge in [0, 0.05) is 17.6 Å². The summed E-state index contributed by atoms with van der Waals surface area (Å²) in [5.41, 5.74) is 2.14. The minimum absolute atomic E-state index is 0.135. The summed E-state index contributed by atoms with van der Waals surface area (Å²) in [6, 6.07) is 17.7. The van der Waals surface area contributed by atoms with E-state index in [1.165, 1.54) is 0 Å². The molecule has 110 valence electrons. The molecule has 2 nitrogen and oxygen atoms in total. The maximum Gasteiger partial charge on any atom is 0.227 e. The van der Waals surface area contributed by atoms with Crippen LogP contribution < -0.4 is 0 Å². The molecule has 0 saturated carbocycles. The zero-order valence-corrected chi connectivity index (χ0v) is 13.2. The van der Waals surface area contributed by atoms with E-state index in [0.717, 1.165) is 11.1 Å². The lowest BCUT2D eigenvalue weighted by Gasteiger charge is -2.27. The number of halogens is 1. The Hall–Kier alpha value is -1.80. The normalized spacial score (nSPS) is 10.7. The van der Waals surface area contributed by atoms with Crippen LogP contribution in [0.5, 0.6) is 0 Å². The average molecular weight is 302 g/mol.